The highest BCUT2D eigenvalue weighted by atomic mass is 28.2. The third kappa shape index (κ3) is 2.40. The second-order valence-electron chi connectivity index (χ2n) is 2.96. The normalized spacial score (nSPS) is 23.4. The number of hydrogen-bond acceptors (Lipinski definition) is 2. The van der Waals surface area contributed by atoms with E-state index < -0.39 is 0 Å². The Balaban J connectivity index is 1.93. The third-order valence-electron chi connectivity index (χ3n) is 1.90. The molecule has 0 aromatic heterocycles. The number of hydrogen-bond donors (Lipinski definition) is 0. The Labute approximate surface area is 64.8 Å². The molecule has 2 nitrogen and oxygen atoms in total. The highest BCUT2D eigenvalue weighted by molar-refractivity contribution is 6.30. The summed E-state index contributed by atoms with van der Waals surface area (Å²) in [5.74, 6) is 0. The van der Waals surface area contributed by atoms with Crippen molar-refractivity contribution in [1.29, 1.82) is 0 Å². The molecule has 3 heteroatoms. The summed E-state index contributed by atoms with van der Waals surface area (Å²) in [6, 6.07) is 0. The minimum Gasteiger partial charge on any atom is -0.421 e. The molecule has 1 aliphatic rings. The summed E-state index contributed by atoms with van der Waals surface area (Å²) in [6.45, 7) is 6.23. The van der Waals surface area contributed by atoms with Gasteiger partial charge in [0.25, 0.3) is 0 Å². The molecule has 0 bridgehead atoms. The van der Waals surface area contributed by atoms with E-state index in [1.54, 1.807) is 0 Å². The van der Waals surface area contributed by atoms with Gasteiger partial charge in [-0.25, -0.2) is 0 Å². The molecule has 1 heterocycles. The SMILES string of the molecule is CCC(C)O[SiH2]C1COC1. The van der Waals surface area contributed by atoms with Crippen molar-refractivity contribution in [3.05, 3.63) is 0 Å². The summed E-state index contributed by atoms with van der Waals surface area (Å²) in [5.41, 5.74) is 0.814. The lowest BCUT2D eigenvalue weighted by molar-refractivity contribution is 0.0286. The van der Waals surface area contributed by atoms with E-state index in [-0.39, 0.29) is 9.76 Å². The van der Waals surface area contributed by atoms with Crippen LogP contribution in [0.2, 0.25) is 5.54 Å². The first-order valence-electron chi connectivity index (χ1n) is 4.02. The Bertz CT molecular complexity index is 88.9. The fraction of sp³-hybridized carbons (Fsp3) is 1.00. The van der Waals surface area contributed by atoms with E-state index in [9.17, 15) is 0 Å². The Kier molecular flexibility index (Phi) is 3.38. The van der Waals surface area contributed by atoms with Gasteiger partial charge in [0.05, 0.1) is 13.2 Å². The lowest BCUT2D eigenvalue weighted by Gasteiger charge is -2.26. The summed E-state index contributed by atoms with van der Waals surface area (Å²) in [7, 11) is -0.261. The highest BCUT2D eigenvalue weighted by Crippen LogP contribution is 2.15. The molecule has 0 saturated carbocycles. The fourth-order valence-corrected chi connectivity index (χ4v) is 2.16. The molecule has 0 aromatic carbocycles. The summed E-state index contributed by atoms with van der Waals surface area (Å²) in [6.07, 6.45) is 1.62. The molecule has 0 spiro atoms. The molecule has 0 radical (unpaired) electrons. The predicted octanol–water partition coefficient (Wildman–Crippen LogP) is 0.704. The van der Waals surface area contributed by atoms with Gasteiger partial charge in [0.2, 0.25) is 0 Å². The molecular weight excluding hydrogens is 144 g/mol. The van der Waals surface area contributed by atoms with Gasteiger partial charge in [0.1, 0.15) is 0 Å². The molecule has 1 rings (SSSR count). The maximum absolute atomic E-state index is 5.65. The van der Waals surface area contributed by atoms with Gasteiger partial charge < -0.3 is 9.16 Å². The first kappa shape index (κ1) is 8.24. The van der Waals surface area contributed by atoms with Crippen LogP contribution in [0.5, 0.6) is 0 Å². The monoisotopic (exact) mass is 160 g/mol. The van der Waals surface area contributed by atoms with E-state index >= 15 is 0 Å². The van der Waals surface area contributed by atoms with E-state index in [0.29, 0.717) is 6.10 Å². The van der Waals surface area contributed by atoms with Gasteiger partial charge in [-0.3, -0.25) is 0 Å². The zero-order valence-electron chi connectivity index (χ0n) is 6.80. The van der Waals surface area contributed by atoms with Crippen LogP contribution in [0.3, 0.4) is 0 Å². The van der Waals surface area contributed by atoms with Crippen molar-refractivity contribution in [2.75, 3.05) is 13.2 Å². The maximum Gasteiger partial charge on any atom is 0.169 e. The van der Waals surface area contributed by atoms with Crippen molar-refractivity contribution in [2.24, 2.45) is 0 Å². The molecule has 60 valence electrons. The number of rotatable bonds is 4. The molecule has 1 fully saturated rings. The molecule has 1 unspecified atom stereocenters. The van der Waals surface area contributed by atoms with Crippen molar-refractivity contribution in [3.63, 3.8) is 0 Å². The Hall–Kier alpha value is 0.137. The van der Waals surface area contributed by atoms with E-state index in [2.05, 4.69) is 13.8 Å². The molecular formula is C7H16O2Si. The zero-order valence-corrected chi connectivity index (χ0v) is 8.21. The standard InChI is InChI=1S/C7H16O2Si/c1-3-6(2)9-10-7-4-8-5-7/h6-7H,3-5,10H2,1-2H3. The minimum atomic E-state index is -0.261. The van der Waals surface area contributed by atoms with Gasteiger partial charge in [0.15, 0.2) is 9.76 Å². The Morgan fingerprint density at radius 2 is 2.40 bits per heavy atom. The molecule has 0 aliphatic carbocycles. The predicted molar refractivity (Wildman–Crippen MR) is 44.0 cm³/mol. The molecule has 0 N–H and O–H groups in total. The van der Waals surface area contributed by atoms with E-state index in [0.717, 1.165) is 25.2 Å². The van der Waals surface area contributed by atoms with Crippen LogP contribution in [0.15, 0.2) is 0 Å². The van der Waals surface area contributed by atoms with Crippen molar-refractivity contribution in [3.8, 4) is 0 Å². The van der Waals surface area contributed by atoms with Gasteiger partial charge >= 0.3 is 0 Å². The van der Waals surface area contributed by atoms with Crippen LogP contribution in [-0.2, 0) is 9.16 Å². The second-order valence-corrected chi connectivity index (χ2v) is 4.78. The molecule has 1 atom stereocenters. The fourth-order valence-electron chi connectivity index (χ4n) is 0.799. The van der Waals surface area contributed by atoms with Crippen LogP contribution >= 0.6 is 0 Å². The molecule has 0 amide bonds. The second kappa shape index (κ2) is 4.11. The Morgan fingerprint density at radius 3 is 2.80 bits per heavy atom. The van der Waals surface area contributed by atoms with Crippen LogP contribution < -0.4 is 0 Å². The Morgan fingerprint density at radius 1 is 1.70 bits per heavy atom. The van der Waals surface area contributed by atoms with Gasteiger partial charge in [-0.1, -0.05) is 6.92 Å². The summed E-state index contributed by atoms with van der Waals surface area (Å²) >= 11 is 0. The maximum atomic E-state index is 5.65. The molecule has 10 heavy (non-hydrogen) atoms. The van der Waals surface area contributed by atoms with Gasteiger partial charge in [-0.15, -0.1) is 0 Å². The van der Waals surface area contributed by atoms with Crippen molar-refractivity contribution in [1.82, 2.24) is 0 Å². The molecule has 0 aromatic rings. The average molecular weight is 160 g/mol. The van der Waals surface area contributed by atoms with Crippen molar-refractivity contribution in [2.45, 2.75) is 31.9 Å². The van der Waals surface area contributed by atoms with Gasteiger partial charge in [-0.05, 0) is 13.3 Å². The van der Waals surface area contributed by atoms with Crippen molar-refractivity contribution < 1.29 is 9.16 Å². The minimum absolute atomic E-state index is 0.261. The number of ether oxygens (including phenoxy) is 1. The summed E-state index contributed by atoms with van der Waals surface area (Å²) in [5, 5.41) is 0. The third-order valence-corrected chi connectivity index (χ3v) is 3.60. The average Bonchev–Trinajstić information content (AvgIpc) is 1.84. The quantitative estimate of drug-likeness (QED) is 0.564. The van der Waals surface area contributed by atoms with Crippen LogP contribution in [-0.4, -0.2) is 29.1 Å². The highest BCUT2D eigenvalue weighted by Gasteiger charge is 2.19. The first-order chi connectivity index (χ1) is 4.83. The topological polar surface area (TPSA) is 18.5 Å². The van der Waals surface area contributed by atoms with Crippen LogP contribution in [0.4, 0.5) is 0 Å². The van der Waals surface area contributed by atoms with Gasteiger partial charge in [-0.2, -0.15) is 0 Å². The lowest BCUT2D eigenvalue weighted by atomic mass is 10.3. The van der Waals surface area contributed by atoms with Crippen molar-refractivity contribution >= 4 is 9.76 Å². The van der Waals surface area contributed by atoms with E-state index in [1.807, 2.05) is 0 Å². The first-order valence-corrected chi connectivity index (χ1v) is 5.41. The van der Waals surface area contributed by atoms with Crippen LogP contribution in [0.1, 0.15) is 20.3 Å². The summed E-state index contributed by atoms with van der Waals surface area (Å²) < 4.78 is 10.7. The van der Waals surface area contributed by atoms with Gasteiger partial charge in [0, 0.05) is 11.6 Å². The summed E-state index contributed by atoms with van der Waals surface area (Å²) in [4.78, 5) is 0. The molecule has 1 aliphatic heterocycles. The molecule has 1 saturated heterocycles. The van der Waals surface area contributed by atoms with Crippen LogP contribution in [0, 0.1) is 0 Å². The lowest BCUT2D eigenvalue weighted by Crippen LogP contribution is -2.29. The van der Waals surface area contributed by atoms with E-state index in [1.165, 1.54) is 0 Å². The zero-order chi connectivity index (χ0) is 7.40. The van der Waals surface area contributed by atoms with Crippen LogP contribution in [0.25, 0.3) is 0 Å². The smallest absolute Gasteiger partial charge is 0.169 e. The van der Waals surface area contributed by atoms with E-state index in [4.69, 9.17) is 9.16 Å². The largest absolute Gasteiger partial charge is 0.421 e.